The SMILES string of the molecule is O=C(N/N=C\c1ccc(-c2ccc(Cl)cc2Cl)o1)c1cc2cc(Br)ccc2o1. The number of nitrogens with zero attached hydrogens (tertiary/aromatic N) is 1. The number of carbonyl (C=O) groups excluding carboxylic acids is 1. The van der Waals surface area contributed by atoms with Crippen molar-refractivity contribution in [2.24, 2.45) is 5.10 Å². The molecular weight excluding hydrogens is 467 g/mol. The molecule has 2 aromatic carbocycles. The number of hydrogen-bond donors (Lipinski definition) is 1. The number of nitrogens with one attached hydrogen (secondary N) is 1. The molecule has 0 radical (unpaired) electrons. The maximum atomic E-state index is 12.2. The Morgan fingerprint density at radius 3 is 2.71 bits per heavy atom. The van der Waals surface area contributed by atoms with Gasteiger partial charge in [0.1, 0.15) is 17.1 Å². The molecule has 140 valence electrons. The predicted molar refractivity (Wildman–Crippen MR) is 113 cm³/mol. The minimum absolute atomic E-state index is 0.165. The van der Waals surface area contributed by atoms with Crippen LogP contribution in [0.15, 0.2) is 73.0 Å². The number of carbonyl (C=O) groups is 1. The molecule has 1 amide bonds. The molecular formula is C20H11BrCl2N2O3. The van der Waals surface area contributed by atoms with E-state index in [0.29, 0.717) is 32.7 Å². The van der Waals surface area contributed by atoms with Crippen LogP contribution in [-0.4, -0.2) is 12.1 Å². The number of amides is 1. The predicted octanol–water partition coefficient (Wildman–Crippen LogP) is 6.53. The minimum atomic E-state index is -0.462. The van der Waals surface area contributed by atoms with Crippen molar-refractivity contribution in [3.63, 3.8) is 0 Å². The largest absolute Gasteiger partial charge is 0.455 e. The maximum absolute atomic E-state index is 12.2. The first-order chi connectivity index (χ1) is 13.5. The lowest BCUT2D eigenvalue weighted by atomic mass is 10.2. The molecule has 0 aliphatic heterocycles. The Morgan fingerprint density at radius 1 is 1.04 bits per heavy atom. The maximum Gasteiger partial charge on any atom is 0.307 e. The van der Waals surface area contributed by atoms with E-state index in [2.05, 4.69) is 26.5 Å². The molecule has 0 spiro atoms. The lowest BCUT2D eigenvalue weighted by Gasteiger charge is -2.00. The molecule has 0 atom stereocenters. The topological polar surface area (TPSA) is 67.7 Å². The number of fused-ring (bicyclic) bond motifs is 1. The third kappa shape index (κ3) is 3.99. The summed E-state index contributed by atoms with van der Waals surface area (Å²) >= 11 is 15.5. The lowest BCUT2D eigenvalue weighted by Crippen LogP contribution is -2.16. The van der Waals surface area contributed by atoms with Gasteiger partial charge in [-0.3, -0.25) is 4.79 Å². The molecule has 0 unspecified atom stereocenters. The summed E-state index contributed by atoms with van der Waals surface area (Å²) in [5.41, 5.74) is 3.74. The fraction of sp³-hybridized carbons (Fsp3) is 0. The summed E-state index contributed by atoms with van der Waals surface area (Å²) in [4.78, 5) is 12.2. The summed E-state index contributed by atoms with van der Waals surface area (Å²) < 4.78 is 12.1. The highest BCUT2D eigenvalue weighted by Gasteiger charge is 2.12. The van der Waals surface area contributed by atoms with Crippen LogP contribution >= 0.6 is 39.1 Å². The zero-order valence-corrected chi connectivity index (χ0v) is 17.2. The van der Waals surface area contributed by atoms with E-state index in [-0.39, 0.29) is 5.76 Å². The third-order valence-corrected chi connectivity index (χ3v) is 4.92. The summed E-state index contributed by atoms with van der Waals surface area (Å²) in [5.74, 6) is 0.724. The number of hydrazone groups is 1. The highest BCUT2D eigenvalue weighted by atomic mass is 79.9. The second-order valence-corrected chi connectivity index (χ2v) is 7.58. The number of halogens is 3. The van der Waals surface area contributed by atoms with Crippen LogP contribution in [-0.2, 0) is 0 Å². The fourth-order valence-electron chi connectivity index (χ4n) is 2.59. The van der Waals surface area contributed by atoms with Crippen molar-refractivity contribution < 1.29 is 13.6 Å². The molecule has 0 fully saturated rings. The molecule has 0 aliphatic rings. The number of furan rings is 2. The summed E-state index contributed by atoms with van der Waals surface area (Å²) in [6.45, 7) is 0. The van der Waals surface area contributed by atoms with Crippen molar-refractivity contribution in [1.29, 1.82) is 0 Å². The Balaban J connectivity index is 1.45. The van der Waals surface area contributed by atoms with Gasteiger partial charge in [0.25, 0.3) is 0 Å². The molecule has 5 nitrogen and oxygen atoms in total. The van der Waals surface area contributed by atoms with E-state index in [1.807, 2.05) is 12.1 Å². The van der Waals surface area contributed by atoms with Crippen LogP contribution in [0.5, 0.6) is 0 Å². The van der Waals surface area contributed by atoms with E-state index in [1.165, 1.54) is 6.21 Å². The van der Waals surface area contributed by atoms with E-state index in [9.17, 15) is 4.79 Å². The highest BCUT2D eigenvalue weighted by Crippen LogP contribution is 2.31. The molecule has 28 heavy (non-hydrogen) atoms. The van der Waals surface area contributed by atoms with Gasteiger partial charge < -0.3 is 8.83 Å². The van der Waals surface area contributed by atoms with Gasteiger partial charge >= 0.3 is 5.91 Å². The standard InChI is InChI=1S/C20H11BrCl2N2O3/c21-12-1-5-17-11(7-12)8-19(28-17)20(26)25-24-10-14-3-6-18(27-14)15-4-2-13(22)9-16(15)23/h1-10H,(H,25,26)/b24-10-. The van der Waals surface area contributed by atoms with Crippen LogP contribution in [0.1, 0.15) is 16.3 Å². The van der Waals surface area contributed by atoms with Crippen LogP contribution in [0, 0.1) is 0 Å². The molecule has 0 bridgehead atoms. The molecule has 0 saturated carbocycles. The second kappa shape index (κ2) is 7.83. The summed E-state index contributed by atoms with van der Waals surface area (Å²) in [5, 5.41) is 5.75. The zero-order chi connectivity index (χ0) is 19.7. The van der Waals surface area contributed by atoms with E-state index in [0.717, 1.165) is 9.86 Å². The zero-order valence-electron chi connectivity index (χ0n) is 14.1. The molecule has 1 N–H and O–H groups in total. The summed E-state index contributed by atoms with van der Waals surface area (Å²) in [6, 6.07) is 15.8. The molecule has 0 aliphatic carbocycles. The van der Waals surface area contributed by atoms with E-state index >= 15 is 0 Å². The van der Waals surface area contributed by atoms with Crippen molar-refractivity contribution in [2.45, 2.75) is 0 Å². The highest BCUT2D eigenvalue weighted by molar-refractivity contribution is 9.10. The average Bonchev–Trinajstić information content (AvgIpc) is 3.28. The van der Waals surface area contributed by atoms with Crippen LogP contribution in [0.2, 0.25) is 10.0 Å². The molecule has 8 heteroatoms. The number of rotatable bonds is 4. The monoisotopic (exact) mass is 476 g/mol. The minimum Gasteiger partial charge on any atom is -0.455 e. The average molecular weight is 478 g/mol. The molecule has 4 rings (SSSR count). The molecule has 4 aromatic rings. The van der Waals surface area contributed by atoms with Gasteiger partial charge in [-0.15, -0.1) is 0 Å². The first-order valence-electron chi connectivity index (χ1n) is 8.07. The van der Waals surface area contributed by atoms with Gasteiger partial charge in [-0.1, -0.05) is 39.1 Å². The van der Waals surface area contributed by atoms with Crippen LogP contribution < -0.4 is 5.43 Å². The Hall–Kier alpha value is -2.54. The van der Waals surface area contributed by atoms with E-state index in [1.54, 1.807) is 42.5 Å². The molecule has 2 aromatic heterocycles. The Bertz CT molecular complexity index is 1210. The van der Waals surface area contributed by atoms with Crippen molar-refractivity contribution >= 4 is 62.2 Å². The second-order valence-electron chi connectivity index (χ2n) is 5.82. The van der Waals surface area contributed by atoms with Crippen molar-refractivity contribution in [1.82, 2.24) is 5.43 Å². The first kappa shape index (κ1) is 18.8. The Kier molecular flexibility index (Phi) is 5.26. The lowest BCUT2D eigenvalue weighted by molar-refractivity contribution is 0.0929. The normalized spacial score (nSPS) is 11.4. The Labute approximate surface area is 178 Å². The van der Waals surface area contributed by atoms with Gasteiger partial charge in [-0.2, -0.15) is 5.10 Å². The van der Waals surface area contributed by atoms with Gasteiger partial charge in [-0.25, -0.2) is 5.43 Å². The third-order valence-electron chi connectivity index (χ3n) is 3.88. The number of benzene rings is 2. The van der Waals surface area contributed by atoms with Crippen LogP contribution in [0.4, 0.5) is 0 Å². The van der Waals surface area contributed by atoms with Gasteiger partial charge in [0.05, 0.1) is 11.2 Å². The quantitative estimate of drug-likeness (QED) is 0.268. The van der Waals surface area contributed by atoms with Gasteiger partial charge in [0.2, 0.25) is 0 Å². The van der Waals surface area contributed by atoms with Gasteiger partial charge in [-0.05, 0) is 54.6 Å². The molecule has 2 heterocycles. The van der Waals surface area contributed by atoms with Crippen LogP contribution in [0.25, 0.3) is 22.3 Å². The fourth-order valence-corrected chi connectivity index (χ4v) is 3.47. The van der Waals surface area contributed by atoms with E-state index in [4.69, 9.17) is 32.0 Å². The van der Waals surface area contributed by atoms with Crippen molar-refractivity contribution in [3.05, 3.63) is 80.6 Å². The van der Waals surface area contributed by atoms with Gasteiger partial charge in [0.15, 0.2) is 5.76 Å². The molecule has 0 saturated heterocycles. The van der Waals surface area contributed by atoms with Gasteiger partial charge in [0, 0.05) is 20.4 Å². The van der Waals surface area contributed by atoms with Crippen molar-refractivity contribution in [2.75, 3.05) is 0 Å². The number of hydrogen-bond acceptors (Lipinski definition) is 4. The summed E-state index contributed by atoms with van der Waals surface area (Å²) in [7, 11) is 0. The van der Waals surface area contributed by atoms with E-state index < -0.39 is 5.91 Å². The summed E-state index contributed by atoms with van der Waals surface area (Å²) in [6.07, 6.45) is 1.39. The Morgan fingerprint density at radius 2 is 1.89 bits per heavy atom. The van der Waals surface area contributed by atoms with Crippen molar-refractivity contribution in [3.8, 4) is 11.3 Å². The smallest absolute Gasteiger partial charge is 0.307 e. The van der Waals surface area contributed by atoms with Crippen LogP contribution in [0.3, 0.4) is 0 Å². The first-order valence-corrected chi connectivity index (χ1v) is 9.62.